The minimum absolute atomic E-state index is 0. The van der Waals surface area contributed by atoms with Gasteiger partial charge in [-0.15, -0.1) is 0 Å². The summed E-state index contributed by atoms with van der Waals surface area (Å²) in [5.41, 5.74) is 0. The second-order valence-corrected chi connectivity index (χ2v) is 13.0. The molecule has 0 aromatic carbocycles. The zero-order valence-electron chi connectivity index (χ0n) is 27.3. The summed E-state index contributed by atoms with van der Waals surface area (Å²) >= 11 is 0. The van der Waals surface area contributed by atoms with Gasteiger partial charge < -0.3 is 4.55 Å². The SMILES string of the molecule is CCCCCCCCCCCCCCC/C=C/C(CCCCCCCCCCCCCCC)COS(=O)(=O)[O-].[Na+]. The Labute approximate surface area is 273 Å². The van der Waals surface area contributed by atoms with Crippen LogP contribution < -0.4 is 29.6 Å². The minimum Gasteiger partial charge on any atom is -0.726 e. The number of rotatable bonds is 32. The predicted octanol–water partition coefficient (Wildman–Crippen LogP) is 8.60. The number of hydrogen-bond donors (Lipinski definition) is 0. The van der Waals surface area contributed by atoms with Crippen LogP contribution in [-0.4, -0.2) is 19.6 Å². The third-order valence-corrected chi connectivity index (χ3v) is 8.41. The maximum Gasteiger partial charge on any atom is 1.00 e. The standard InChI is InChI=1S/C34H68O4S.Na/c1-3-5-7-9-11-13-15-17-18-20-22-24-26-28-30-32-34(33-38-39(35,36)37)31-29-27-25-23-21-19-16-14-12-10-8-6-4-2;/h30,32,34H,3-29,31,33H2,1-2H3,(H,35,36,37);/q;+1/p-1/b32-30+;. The summed E-state index contributed by atoms with van der Waals surface area (Å²) < 4.78 is 37.4. The van der Waals surface area contributed by atoms with E-state index in [9.17, 15) is 13.0 Å². The van der Waals surface area contributed by atoms with Crippen molar-refractivity contribution in [2.75, 3.05) is 6.61 Å². The fraction of sp³-hybridized carbons (Fsp3) is 0.941. The summed E-state index contributed by atoms with van der Waals surface area (Å²) in [5.74, 6) is 0.0170. The van der Waals surface area contributed by atoms with Crippen LogP contribution in [0, 0.1) is 5.92 Å². The van der Waals surface area contributed by atoms with Crippen LogP contribution in [0.2, 0.25) is 0 Å². The van der Waals surface area contributed by atoms with Gasteiger partial charge in [0.1, 0.15) is 0 Å². The van der Waals surface area contributed by atoms with Crippen molar-refractivity contribution < 1.29 is 46.7 Å². The van der Waals surface area contributed by atoms with E-state index in [-0.39, 0.29) is 42.1 Å². The maximum absolute atomic E-state index is 10.9. The van der Waals surface area contributed by atoms with E-state index in [4.69, 9.17) is 0 Å². The average Bonchev–Trinajstić information content (AvgIpc) is 2.91. The molecule has 0 aliphatic rings. The molecule has 1 unspecified atom stereocenters. The molecule has 0 amide bonds. The molecule has 0 saturated heterocycles. The van der Waals surface area contributed by atoms with Crippen molar-refractivity contribution in [2.24, 2.45) is 5.92 Å². The van der Waals surface area contributed by atoms with Crippen LogP contribution in [0.4, 0.5) is 0 Å². The smallest absolute Gasteiger partial charge is 0.726 e. The summed E-state index contributed by atoms with van der Waals surface area (Å²) in [5, 5.41) is 0. The number of allylic oxidation sites excluding steroid dienone is 1. The molecule has 0 fully saturated rings. The van der Waals surface area contributed by atoms with Crippen molar-refractivity contribution in [3.8, 4) is 0 Å². The van der Waals surface area contributed by atoms with Crippen molar-refractivity contribution in [3.63, 3.8) is 0 Å². The van der Waals surface area contributed by atoms with Crippen LogP contribution in [0.25, 0.3) is 0 Å². The Morgan fingerprint density at radius 2 is 0.875 bits per heavy atom. The van der Waals surface area contributed by atoms with Crippen LogP contribution in [0.1, 0.15) is 194 Å². The maximum atomic E-state index is 10.9. The Morgan fingerprint density at radius 1 is 0.550 bits per heavy atom. The second-order valence-electron chi connectivity index (χ2n) is 11.9. The Hall–Kier alpha value is 0.610. The summed E-state index contributed by atoms with van der Waals surface area (Å²) in [7, 11) is -4.62. The molecule has 40 heavy (non-hydrogen) atoms. The second kappa shape index (κ2) is 34.1. The molecule has 1 atom stereocenters. The molecule has 6 heteroatoms. The molecule has 0 aliphatic carbocycles. The van der Waals surface area contributed by atoms with Gasteiger partial charge in [-0.2, -0.15) is 0 Å². The largest absolute Gasteiger partial charge is 1.00 e. The first-order valence-electron chi connectivity index (χ1n) is 17.3. The van der Waals surface area contributed by atoms with Crippen LogP contribution in [0.15, 0.2) is 12.2 Å². The number of hydrogen-bond acceptors (Lipinski definition) is 4. The molecule has 0 aromatic heterocycles. The molecule has 0 rings (SSSR count). The summed E-state index contributed by atoms with van der Waals surface area (Å²) in [6.07, 6.45) is 40.9. The fourth-order valence-electron chi connectivity index (χ4n) is 5.40. The van der Waals surface area contributed by atoms with Crippen molar-refractivity contribution in [2.45, 2.75) is 194 Å². The Balaban J connectivity index is 0. The van der Waals surface area contributed by atoms with Gasteiger partial charge in [0.15, 0.2) is 0 Å². The van der Waals surface area contributed by atoms with Crippen LogP contribution >= 0.6 is 0 Å². The monoisotopic (exact) mass is 594 g/mol. The van der Waals surface area contributed by atoms with Crippen molar-refractivity contribution in [1.29, 1.82) is 0 Å². The van der Waals surface area contributed by atoms with Crippen LogP contribution in [0.5, 0.6) is 0 Å². The van der Waals surface area contributed by atoms with Crippen LogP contribution in [0.3, 0.4) is 0 Å². The van der Waals surface area contributed by atoms with Crippen molar-refractivity contribution in [3.05, 3.63) is 12.2 Å². The third kappa shape index (κ3) is 36.6. The molecule has 0 heterocycles. The molecule has 0 aliphatic heterocycles. The first kappa shape index (κ1) is 42.7. The topological polar surface area (TPSA) is 66.4 Å². The van der Waals surface area contributed by atoms with Crippen molar-refractivity contribution in [1.82, 2.24) is 0 Å². The van der Waals surface area contributed by atoms with Gasteiger partial charge in [0, 0.05) is 5.92 Å². The van der Waals surface area contributed by atoms with E-state index in [0.29, 0.717) is 0 Å². The first-order chi connectivity index (χ1) is 19.0. The molecule has 0 aromatic rings. The summed E-state index contributed by atoms with van der Waals surface area (Å²) in [6, 6.07) is 0. The zero-order chi connectivity index (χ0) is 28.7. The van der Waals surface area contributed by atoms with E-state index >= 15 is 0 Å². The third-order valence-electron chi connectivity index (χ3n) is 7.99. The Bertz CT molecular complexity index is 609. The molecular formula is C34H67NaO4S. The van der Waals surface area contributed by atoms with E-state index in [1.807, 2.05) is 0 Å². The van der Waals surface area contributed by atoms with Gasteiger partial charge >= 0.3 is 29.6 Å². The van der Waals surface area contributed by atoms with Gasteiger partial charge in [-0.05, 0) is 19.3 Å². The predicted molar refractivity (Wildman–Crippen MR) is 169 cm³/mol. The van der Waals surface area contributed by atoms with E-state index in [1.165, 1.54) is 161 Å². The molecule has 0 spiro atoms. The van der Waals surface area contributed by atoms with Gasteiger partial charge in [0.05, 0.1) is 6.61 Å². The quantitative estimate of drug-likeness (QED) is 0.0257. The van der Waals surface area contributed by atoms with E-state index in [2.05, 4.69) is 30.2 Å². The Kier molecular flexibility index (Phi) is 36.4. The summed E-state index contributed by atoms with van der Waals surface area (Å²) in [4.78, 5) is 0. The molecular weight excluding hydrogens is 527 g/mol. The molecule has 0 N–H and O–H groups in total. The molecule has 0 bridgehead atoms. The van der Waals surface area contributed by atoms with E-state index in [0.717, 1.165) is 19.3 Å². The van der Waals surface area contributed by atoms with Gasteiger partial charge in [-0.25, -0.2) is 8.42 Å². The first-order valence-corrected chi connectivity index (χ1v) is 18.6. The molecule has 0 saturated carbocycles. The molecule has 0 radical (unpaired) electrons. The van der Waals surface area contributed by atoms with Crippen LogP contribution in [-0.2, 0) is 14.6 Å². The van der Waals surface area contributed by atoms with Gasteiger partial charge in [-0.1, -0.05) is 187 Å². The normalized spacial score (nSPS) is 12.7. The zero-order valence-corrected chi connectivity index (χ0v) is 30.1. The van der Waals surface area contributed by atoms with Gasteiger partial charge in [0.25, 0.3) is 0 Å². The fourth-order valence-corrected chi connectivity index (χ4v) is 5.74. The van der Waals surface area contributed by atoms with Gasteiger partial charge in [-0.3, -0.25) is 4.18 Å². The molecule has 4 nitrogen and oxygen atoms in total. The summed E-state index contributed by atoms with van der Waals surface area (Å²) in [6.45, 7) is 4.53. The van der Waals surface area contributed by atoms with E-state index in [1.54, 1.807) is 0 Å². The average molecular weight is 595 g/mol. The number of unbranched alkanes of at least 4 members (excludes halogenated alkanes) is 25. The Morgan fingerprint density at radius 3 is 1.23 bits per heavy atom. The van der Waals surface area contributed by atoms with E-state index < -0.39 is 10.4 Å². The molecule has 234 valence electrons. The minimum atomic E-state index is -4.62. The van der Waals surface area contributed by atoms with Gasteiger partial charge in [0.2, 0.25) is 10.4 Å². The van der Waals surface area contributed by atoms with Crippen molar-refractivity contribution >= 4 is 10.4 Å².